The van der Waals surface area contributed by atoms with E-state index in [4.69, 9.17) is 4.84 Å². The van der Waals surface area contributed by atoms with Crippen molar-refractivity contribution in [2.45, 2.75) is 13.8 Å². The van der Waals surface area contributed by atoms with Crippen molar-refractivity contribution in [1.82, 2.24) is 15.3 Å². The SMILES string of the molecule is CCONC(C)=C1C(=O)N(C)C(=O)N(C)C1=O. The van der Waals surface area contributed by atoms with E-state index in [1.807, 2.05) is 0 Å². The number of nitrogens with zero attached hydrogens (tertiary/aromatic N) is 2. The maximum absolute atomic E-state index is 11.8. The number of hydrogen-bond acceptors (Lipinski definition) is 5. The van der Waals surface area contributed by atoms with Gasteiger partial charge in [-0.25, -0.2) is 4.79 Å². The van der Waals surface area contributed by atoms with Gasteiger partial charge in [-0.05, 0) is 13.8 Å². The lowest BCUT2D eigenvalue weighted by Gasteiger charge is -2.29. The Hall–Kier alpha value is -1.89. The normalized spacial score (nSPS) is 16.7. The van der Waals surface area contributed by atoms with E-state index in [0.717, 1.165) is 9.80 Å². The average molecular weight is 241 g/mol. The Morgan fingerprint density at radius 2 is 1.65 bits per heavy atom. The van der Waals surface area contributed by atoms with Crippen LogP contribution in [0.15, 0.2) is 11.3 Å². The van der Waals surface area contributed by atoms with E-state index >= 15 is 0 Å². The lowest BCUT2D eigenvalue weighted by Crippen LogP contribution is -2.53. The van der Waals surface area contributed by atoms with Crippen LogP contribution < -0.4 is 5.48 Å². The number of amides is 4. The number of hydroxylamine groups is 1. The van der Waals surface area contributed by atoms with E-state index in [-0.39, 0.29) is 11.3 Å². The van der Waals surface area contributed by atoms with Gasteiger partial charge in [0.1, 0.15) is 5.57 Å². The third-order valence-electron chi connectivity index (χ3n) is 2.36. The molecule has 1 aliphatic rings. The van der Waals surface area contributed by atoms with Crippen LogP contribution in [0.2, 0.25) is 0 Å². The Morgan fingerprint density at radius 3 is 2.06 bits per heavy atom. The fourth-order valence-corrected chi connectivity index (χ4v) is 1.38. The number of nitrogens with one attached hydrogen (secondary N) is 1. The third kappa shape index (κ3) is 2.28. The zero-order valence-corrected chi connectivity index (χ0v) is 10.2. The zero-order chi connectivity index (χ0) is 13.2. The summed E-state index contributed by atoms with van der Waals surface area (Å²) in [6.45, 7) is 3.69. The van der Waals surface area contributed by atoms with Crippen LogP contribution in [0.4, 0.5) is 4.79 Å². The molecule has 7 nitrogen and oxygen atoms in total. The molecule has 0 atom stereocenters. The maximum atomic E-state index is 11.8. The van der Waals surface area contributed by atoms with Gasteiger partial charge in [-0.3, -0.25) is 29.7 Å². The molecule has 0 bridgehead atoms. The fraction of sp³-hybridized carbons (Fsp3) is 0.500. The summed E-state index contributed by atoms with van der Waals surface area (Å²) in [6.07, 6.45) is 0. The molecule has 0 aromatic carbocycles. The minimum atomic E-state index is -0.645. The molecule has 0 saturated carbocycles. The summed E-state index contributed by atoms with van der Waals surface area (Å²) < 4.78 is 0. The molecule has 0 aromatic rings. The molecule has 17 heavy (non-hydrogen) atoms. The van der Waals surface area contributed by atoms with Gasteiger partial charge in [0, 0.05) is 14.1 Å². The van der Waals surface area contributed by atoms with Crippen LogP contribution in [0, 0.1) is 0 Å². The molecule has 0 aliphatic carbocycles. The van der Waals surface area contributed by atoms with Gasteiger partial charge in [0.05, 0.1) is 12.3 Å². The van der Waals surface area contributed by atoms with Gasteiger partial charge in [-0.1, -0.05) is 0 Å². The van der Waals surface area contributed by atoms with Crippen molar-refractivity contribution in [1.29, 1.82) is 0 Å². The van der Waals surface area contributed by atoms with Crippen LogP contribution in [-0.4, -0.2) is 48.3 Å². The summed E-state index contributed by atoms with van der Waals surface area (Å²) in [5, 5.41) is 0. The minimum absolute atomic E-state index is 0.0944. The number of barbiturate groups is 1. The molecule has 1 aliphatic heterocycles. The second-order valence-corrected chi connectivity index (χ2v) is 3.55. The first-order valence-corrected chi connectivity index (χ1v) is 5.10. The smallest absolute Gasteiger partial charge is 0.277 e. The van der Waals surface area contributed by atoms with E-state index in [9.17, 15) is 14.4 Å². The highest BCUT2D eigenvalue weighted by Gasteiger charge is 2.39. The van der Waals surface area contributed by atoms with E-state index in [2.05, 4.69) is 5.48 Å². The first kappa shape index (κ1) is 13.2. The number of likely N-dealkylation sites (N-methyl/N-ethyl adjacent to an activating group) is 2. The summed E-state index contributed by atoms with van der Waals surface area (Å²) in [5.41, 5.74) is 2.68. The number of allylic oxidation sites excluding steroid dienone is 1. The summed E-state index contributed by atoms with van der Waals surface area (Å²) in [7, 11) is 2.64. The number of carbonyl (C=O) groups is 3. The number of rotatable bonds is 3. The highest BCUT2D eigenvalue weighted by atomic mass is 16.6. The number of imide groups is 2. The van der Waals surface area contributed by atoms with E-state index in [0.29, 0.717) is 6.61 Å². The van der Waals surface area contributed by atoms with Gasteiger partial charge in [-0.15, -0.1) is 0 Å². The summed E-state index contributed by atoms with van der Waals surface area (Å²) in [6, 6.07) is -0.645. The monoisotopic (exact) mass is 241 g/mol. The lowest BCUT2D eigenvalue weighted by atomic mass is 10.1. The second-order valence-electron chi connectivity index (χ2n) is 3.55. The third-order valence-corrected chi connectivity index (χ3v) is 2.36. The Balaban J connectivity index is 3.09. The zero-order valence-electron chi connectivity index (χ0n) is 10.2. The number of urea groups is 1. The van der Waals surface area contributed by atoms with Crippen molar-refractivity contribution in [2.24, 2.45) is 0 Å². The number of carbonyl (C=O) groups excluding carboxylic acids is 3. The summed E-state index contributed by atoms with van der Waals surface area (Å²) in [4.78, 5) is 41.7. The van der Waals surface area contributed by atoms with Crippen LogP contribution in [0.3, 0.4) is 0 Å². The first-order valence-electron chi connectivity index (χ1n) is 5.10. The molecule has 0 unspecified atom stereocenters. The first-order chi connectivity index (χ1) is 7.91. The quantitative estimate of drug-likeness (QED) is 0.422. The molecule has 1 fully saturated rings. The Bertz CT molecular complexity index is 376. The molecule has 7 heteroatoms. The van der Waals surface area contributed by atoms with E-state index < -0.39 is 17.8 Å². The van der Waals surface area contributed by atoms with Crippen LogP contribution in [-0.2, 0) is 14.4 Å². The molecule has 94 valence electrons. The van der Waals surface area contributed by atoms with Gasteiger partial charge in [-0.2, -0.15) is 0 Å². The van der Waals surface area contributed by atoms with Crippen LogP contribution in [0.25, 0.3) is 0 Å². The van der Waals surface area contributed by atoms with Crippen LogP contribution >= 0.6 is 0 Å². The standard InChI is InChI=1S/C10H15N3O4/c1-5-17-11-6(2)7-8(14)12(3)10(16)13(4)9(7)15/h11H,5H2,1-4H3. The second kappa shape index (κ2) is 4.96. The largest absolute Gasteiger partial charge is 0.333 e. The molecule has 1 saturated heterocycles. The van der Waals surface area contributed by atoms with Gasteiger partial charge in [0.25, 0.3) is 11.8 Å². The fourth-order valence-electron chi connectivity index (χ4n) is 1.38. The molecule has 1 heterocycles. The van der Waals surface area contributed by atoms with Gasteiger partial charge in [0.15, 0.2) is 0 Å². The van der Waals surface area contributed by atoms with Crippen molar-refractivity contribution in [3.63, 3.8) is 0 Å². The topological polar surface area (TPSA) is 79.0 Å². The molecule has 0 radical (unpaired) electrons. The van der Waals surface area contributed by atoms with Crippen molar-refractivity contribution in [2.75, 3.05) is 20.7 Å². The summed E-state index contributed by atoms with van der Waals surface area (Å²) in [5.74, 6) is -1.27. The molecule has 4 amide bonds. The molecule has 0 spiro atoms. The van der Waals surface area contributed by atoms with Gasteiger partial charge >= 0.3 is 6.03 Å². The summed E-state index contributed by atoms with van der Waals surface area (Å²) >= 11 is 0. The predicted molar refractivity (Wildman–Crippen MR) is 58.4 cm³/mol. The van der Waals surface area contributed by atoms with Crippen molar-refractivity contribution in [3.05, 3.63) is 11.3 Å². The highest BCUT2D eigenvalue weighted by molar-refractivity contribution is 6.28. The molecule has 1 N–H and O–H groups in total. The Kier molecular flexibility index (Phi) is 3.84. The predicted octanol–water partition coefficient (Wildman–Crippen LogP) is -0.148. The van der Waals surface area contributed by atoms with Crippen LogP contribution in [0.5, 0.6) is 0 Å². The highest BCUT2D eigenvalue weighted by Crippen LogP contribution is 2.16. The Morgan fingerprint density at radius 1 is 1.18 bits per heavy atom. The van der Waals surface area contributed by atoms with Gasteiger partial charge in [0.2, 0.25) is 0 Å². The van der Waals surface area contributed by atoms with E-state index in [1.54, 1.807) is 6.92 Å². The van der Waals surface area contributed by atoms with Crippen molar-refractivity contribution < 1.29 is 19.2 Å². The van der Waals surface area contributed by atoms with E-state index in [1.165, 1.54) is 21.0 Å². The lowest BCUT2D eigenvalue weighted by molar-refractivity contribution is -0.134. The molecule has 0 aromatic heterocycles. The van der Waals surface area contributed by atoms with Crippen molar-refractivity contribution >= 4 is 17.8 Å². The molecular weight excluding hydrogens is 226 g/mol. The van der Waals surface area contributed by atoms with Gasteiger partial charge < -0.3 is 0 Å². The Labute approximate surface area is 98.9 Å². The number of hydrogen-bond donors (Lipinski definition) is 1. The average Bonchev–Trinajstić information content (AvgIpc) is 2.31. The maximum Gasteiger partial charge on any atom is 0.333 e. The molecule has 1 rings (SSSR count). The van der Waals surface area contributed by atoms with Crippen LogP contribution in [0.1, 0.15) is 13.8 Å². The minimum Gasteiger partial charge on any atom is -0.277 e. The van der Waals surface area contributed by atoms with Crippen molar-refractivity contribution in [3.8, 4) is 0 Å². The molecular formula is C10H15N3O4.